The third-order valence-electron chi connectivity index (χ3n) is 8.75. The van der Waals surface area contributed by atoms with Crippen LogP contribution in [0.5, 0.6) is 0 Å². The number of fused-ring (bicyclic) bond motifs is 1. The number of esters is 1. The molecule has 0 aliphatic heterocycles. The topological polar surface area (TPSA) is 169 Å². The van der Waals surface area contributed by atoms with Crippen LogP contribution in [-0.2, 0) is 49.3 Å². The summed E-state index contributed by atoms with van der Waals surface area (Å²) in [5, 5.41) is 17.8. The first-order valence-electron chi connectivity index (χ1n) is 13.8. The van der Waals surface area contributed by atoms with Gasteiger partial charge in [0.1, 0.15) is 5.78 Å². The summed E-state index contributed by atoms with van der Waals surface area (Å²) in [7, 11) is 0. The van der Waals surface area contributed by atoms with E-state index >= 15 is 0 Å². The predicted octanol–water partition coefficient (Wildman–Crippen LogP) is 5.13. The molecule has 39 heavy (non-hydrogen) atoms. The fourth-order valence-electron chi connectivity index (χ4n) is 6.09. The van der Waals surface area contributed by atoms with E-state index in [2.05, 4.69) is 19.9 Å². The summed E-state index contributed by atoms with van der Waals surface area (Å²) in [6.07, 6.45) is 8.04. The Kier molecular flexibility index (Phi) is 14.9. The van der Waals surface area contributed by atoms with Gasteiger partial charge in [-0.1, -0.05) is 39.3 Å². The van der Waals surface area contributed by atoms with Gasteiger partial charge >= 0.3 is 44.7 Å². The quantitative estimate of drug-likeness (QED) is 0.298. The maximum atomic E-state index is 12.1. The number of carbonyl (C=O) groups excluding carboxylic acids is 2. The summed E-state index contributed by atoms with van der Waals surface area (Å²) in [5.41, 5.74) is 1.54. The van der Waals surface area contributed by atoms with E-state index in [9.17, 15) is 19.2 Å². The van der Waals surface area contributed by atoms with Crippen LogP contribution >= 0.6 is 0 Å². The zero-order chi connectivity index (χ0) is 29.9. The number of carboxylic acids is 2. The number of rotatable bonds is 7. The molecule has 0 aromatic rings. The number of Topliss-reactive ketones (excluding diaryl/α,β-unsaturated/α-hetero) is 1. The zero-order valence-electron chi connectivity index (χ0n) is 24.6. The van der Waals surface area contributed by atoms with E-state index in [1.54, 1.807) is 0 Å². The van der Waals surface area contributed by atoms with Gasteiger partial charge in [0.25, 0.3) is 0 Å². The fourth-order valence-corrected chi connectivity index (χ4v) is 6.09. The minimum atomic E-state index is -3.79. The molecule has 0 bridgehead atoms. The van der Waals surface area contributed by atoms with Gasteiger partial charge in [-0.05, 0) is 75.5 Å². The molecule has 3 aliphatic rings. The van der Waals surface area contributed by atoms with Crippen molar-refractivity contribution in [2.45, 2.75) is 86.0 Å². The second-order valence-electron chi connectivity index (χ2n) is 11.0. The molecule has 0 amide bonds. The molecule has 0 aromatic heterocycles. The molecule has 0 aromatic carbocycles. The second-order valence-corrected chi connectivity index (χ2v) is 11.7. The molecule has 0 heterocycles. The predicted molar refractivity (Wildman–Crippen MR) is 136 cm³/mol. The molecule has 2 saturated carbocycles. The fraction of sp³-hybridized carbons (Fsp3) is 0.786. The van der Waals surface area contributed by atoms with Crippen molar-refractivity contribution in [2.75, 3.05) is 6.61 Å². The first kappa shape index (κ1) is 34.8. The number of hydrogen-bond donors (Lipinski definition) is 2. The Morgan fingerprint density at radius 1 is 0.974 bits per heavy atom. The van der Waals surface area contributed by atoms with Crippen molar-refractivity contribution in [3.05, 3.63) is 11.6 Å². The first-order chi connectivity index (χ1) is 18.2. The summed E-state index contributed by atoms with van der Waals surface area (Å²) in [5.74, 6) is -1.29. The van der Waals surface area contributed by atoms with Gasteiger partial charge in [-0.15, -0.1) is 0 Å². The van der Waals surface area contributed by atoms with E-state index < -0.39 is 37.7 Å². The van der Waals surface area contributed by atoms with Crippen molar-refractivity contribution >= 4 is 23.7 Å². The van der Waals surface area contributed by atoms with Crippen LogP contribution < -0.4 is 0 Å². The van der Waals surface area contributed by atoms with E-state index in [4.69, 9.17) is 26.4 Å². The third kappa shape index (κ3) is 10.7. The van der Waals surface area contributed by atoms with Crippen LogP contribution in [0.15, 0.2) is 11.6 Å². The minimum absolute atomic E-state index is 0. The Morgan fingerprint density at radius 3 is 2.08 bits per heavy atom. The summed E-state index contributed by atoms with van der Waals surface area (Å²) in [4.78, 5) is 45.8. The summed E-state index contributed by atoms with van der Waals surface area (Å²) in [6.45, 7) is 10.9. The van der Waals surface area contributed by atoms with E-state index in [1.165, 1.54) is 18.4 Å². The molecule has 0 spiro atoms. The summed E-state index contributed by atoms with van der Waals surface area (Å²) in [6, 6.07) is 0. The van der Waals surface area contributed by atoms with Gasteiger partial charge in [0.15, 0.2) is 0 Å². The monoisotopic (exact) mass is 593 g/mol. The Morgan fingerprint density at radius 2 is 1.54 bits per heavy atom. The van der Waals surface area contributed by atoms with Crippen molar-refractivity contribution in [1.29, 1.82) is 0 Å². The molecule has 10 nitrogen and oxygen atoms in total. The molecular formula is C28H45CrO10+. The van der Waals surface area contributed by atoms with Crippen LogP contribution in [0, 0.1) is 47.3 Å². The molecule has 0 radical (unpaired) electrons. The Bertz CT molecular complexity index is 1000. The third-order valence-corrected chi connectivity index (χ3v) is 8.75. The van der Waals surface area contributed by atoms with Gasteiger partial charge in [-0.3, -0.25) is 19.2 Å². The molecule has 3 aliphatic carbocycles. The van der Waals surface area contributed by atoms with Crippen LogP contribution in [0.2, 0.25) is 0 Å². The average molecular weight is 594 g/mol. The van der Waals surface area contributed by atoms with E-state index in [0.717, 1.165) is 25.2 Å². The first-order valence-corrected chi connectivity index (χ1v) is 15.4. The second kappa shape index (κ2) is 16.8. The number of carbonyl (C=O) groups is 4. The number of carboxylic acid groups (broad SMARTS) is 2. The number of ether oxygens (including phenoxy) is 1. The molecule has 2 fully saturated rings. The van der Waals surface area contributed by atoms with E-state index in [0.29, 0.717) is 24.9 Å². The van der Waals surface area contributed by atoms with Gasteiger partial charge < -0.3 is 14.9 Å². The van der Waals surface area contributed by atoms with E-state index in [1.807, 2.05) is 20.8 Å². The number of allylic oxidation sites excluding steroid dienone is 2. The number of hydrogen-bond acceptors (Lipinski definition) is 8. The Balaban J connectivity index is 0.000000657. The normalized spacial score (nSPS) is 30.5. The Labute approximate surface area is 236 Å². The standard InChI is InChI=1S/C15H24O2.C13H20O5.Cr.3O/c1-4-17-15(16)14-7-5-6-12-11(3)10(2)8-9-13(12)14;1-7-3-4-9(12(16)8(7)2)10(13(17)18)5-6-11(14)15;;;;/h6,10-11,13-14H,4-5,7-9H2,1-3H3;7-10H,3-6H2,1-2H3,(H,14,15)(H,17,18);;;;/p+1. The van der Waals surface area contributed by atoms with Gasteiger partial charge in [0.2, 0.25) is 0 Å². The van der Waals surface area contributed by atoms with E-state index in [-0.39, 0.29) is 43.8 Å². The molecule has 8 unspecified atom stereocenters. The van der Waals surface area contributed by atoms with Gasteiger partial charge in [-0.2, -0.15) is 0 Å². The van der Waals surface area contributed by atoms with Crippen LogP contribution in [0.3, 0.4) is 0 Å². The number of aliphatic carboxylic acids is 2. The Hall–Kier alpha value is -2.25. The van der Waals surface area contributed by atoms with Gasteiger partial charge in [0, 0.05) is 18.3 Å². The van der Waals surface area contributed by atoms with Gasteiger partial charge in [0.05, 0.1) is 18.4 Å². The molecular weight excluding hydrogens is 548 g/mol. The van der Waals surface area contributed by atoms with Gasteiger partial charge in [-0.25, -0.2) is 0 Å². The molecule has 0 saturated heterocycles. The maximum absolute atomic E-state index is 12.1. The van der Waals surface area contributed by atoms with Crippen LogP contribution in [0.1, 0.15) is 87.4 Å². The van der Waals surface area contributed by atoms with Crippen molar-refractivity contribution < 1.29 is 60.9 Å². The van der Waals surface area contributed by atoms with Crippen molar-refractivity contribution in [3.8, 4) is 0 Å². The van der Waals surface area contributed by atoms with Crippen LogP contribution in [0.25, 0.3) is 0 Å². The van der Waals surface area contributed by atoms with Crippen molar-refractivity contribution in [1.82, 2.24) is 0 Å². The average Bonchev–Trinajstić information content (AvgIpc) is 2.85. The molecule has 2 N–H and O–H groups in total. The SMILES string of the molecule is CC1CCC(C(CCC(=O)O)C(=O)O)C(=O)C1C.CCOC(=O)C1CCC=C2C(C)C(C)CCC21.[H+].[O]=[Cr](=[O])=[O]. The van der Waals surface area contributed by atoms with Crippen LogP contribution in [0.4, 0.5) is 0 Å². The summed E-state index contributed by atoms with van der Waals surface area (Å²) >= 11 is -3.79. The van der Waals surface area contributed by atoms with Crippen molar-refractivity contribution in [2.24, 2.45) is 47.3 Å². The zero-order valence-corrected chi connectivity index (χ0v) is 24.9. The molecule has 8 atom stereocenters. The molecule has 222 valence electrons. The molecule has 11 heteroatoms. The summed E-state index contributed by atoms with van der Waals surface area (Å²) < 4.78 is 30.9. The van der Waals surface area contributed by atoms with Crippen LogP contribution in [-0.4, -0.2) is 40.5 Å². The van der Waals surface area contributed by atoms with Crippen molar-refractivity contribution in [3.63, 3.8) is 0 Å². The number of ketones is 1. The molecule has 3 rings (SSSR count).